The Bertz CT molecular complexity index is 1930. The van der Waals surface area contributed by atoms with Gasteiger partial charge in [0.1, 0.15) is 35.6 Å². The molecule has 0 aliphatic carbocycles. The van der Waals surface area contributed by atoms with Crippen LogP contribution in [0.1, 0.15) is 52.9 Å². The zero-order valence-corrected chi connectivity index (χ0v) is 27.8. The van der Waals surface area contributed by atoms with Crippen molar-refractivity contribution in [1.29, 1.82) is 0 Å². The van der Waals surface area contributed by atoms with E-state index in [2.05, 4.69) is 22.1 Å². The molecule has 2 aromatic heterocycles. The maximum absolute atomic E-state index is 15.3. The molecular weight excluding hydrogens is 634 g/mol. The molecule has 3 heterocycles. The van der Waals surface area contributed by atoms with Gasteiger partial charge in [0.2, 0.25) is 6.33 Å². The summed E-state index contributed by atoms with van der Waals surface area (Å²) in [6, 6.07) is 14.3. The Labute approximate surface area is 281 Å². The second-order valence-corrected chi connectivity index (χ2v) is 13.2. The lowest BCUT2D eigenvalue weighted by molar-refractivity contribution is -0.689. The van der Waals surface area contributed by atoms with Crippen molar-refractivity contribution >= 4 is 29.7 Å². The van der Waals surface area contributed by atoms with Crippen LogP contribution in [0.25, 0.3) is 11.3 Å². The van der Waals surface area contributed by atoms with E-state index in [0.717, 1.165) is 59.5 Å². The molecule has 2 N–H and O–H groups in total. The van der Waals surface area contributed by atoms with Crippen LogP contribution in [-0.2, 0) is 23.5 Å². The molecule has 3 atom stereocenters. The normalized spacial score (nSPS) is 16.4. The average molecular weight is 672 g/mol. The molecule has 0 spiro atoms. The molecular formula is C36H37F2N6O3S+. The molecule has 1 aliphatic rings. The lowest BCUT2D eigenvalue weighted by atomic mass is 9.82. The van der Waals surface area contributed by atoms with E-state index in [1.807, 2.05) is 60.2 Å². The Morgan fingerprint density at radius 3 is 2.62 bits per heavy atom. The van der Waals surface area contributed by atoms with E-state index >= 15 is 4.39 Å². The fraction of sp³-hybridized carbons (Fsp3) is 0.306. The number of nitrogens with one attached hydrogen (secondary N) is 1. The highest BCUT2D eigenvalue weighted by Crippen LogP contribution is 2.41. The van der Waals surface area contributed by atoms with Gasteiger partial charge in [-0.15, -0.1) is 16.0 Å². The number of carbonyl (C=O) groups excluding carboxylic acids is 1. The monoisotopic (exact) mass is 671 g/mol. The smallest absolute Gasteiger partial charge is 0.328 e. The van der Waals surface area contributed by atoms with Crippen molar-refractivity contribution in [3.05, 3.63) is 112 Å². The summed E-state index contributed by atoms with van der Waals surface area (Å²) >= 11 is 1.35. The van der Waals surface area contributed by atoms with Gasteiger partial charge in [-0.3, -0.25) is 4.99 Å². The Morgan fingerprint density at radius 2 is 1.96 bits per heavy atom. The van der Waals surface area contributed by atoms with Crippen LogP contribution in [0.15, 0.2) is 77.6 Å². The van der Waals surface area contributed by atoms with Gasteiger partial charge in [0.25, 0.3) is 6.33 Å². The molecule has 1 fully saturated rings. The summed E-state index contributed by atoms with van der Waals surface area (Å²) in [5.41, 5.74) is 3.07. The summed E-state index contributed by atoms with van der Waals surface area (Å²) in [6.07, 6.45) is 5.07. The Kier molecular flexibility index (Phi) is 9.58. The number of halogens is 2. The first-order valence-electron chi connectivity index (χ1n) is 15.7. The van der Waals surface area contributed by atoms with E-state index < -0.39 is 23.2 Å². The fourth-order valence-electron chi connectivity index (χ4n) is 6.19. The first-order valence-corrected chi connectivity index (χ1v) is 16.6. The number of rotatable bonds is 11. The van der Waals surface area contributed by atoms with Crippen LogP contribution in [0.5, 0.6) is 5.75 Å². The number of hydrogen-bond acceptors (Lipinski definition) is 8. The van der Waals surface area contributed by atoms with Crippen LogP contribution in [0.2, 0.25) is 0 Å². The molecule has 6 rings (SSSR count). The topological polar surface area (TPSA) is 106 Å². The Morgan fingerprint density at radius 1 is 1.21 bits per heavy atom. The predicted molar refractivity (Wildman–Crippen MR) is 180 cm³/mol. The lowest BCUT2D eigenvalue weighted by Gasteiger charge is -2.32. The minimum Gasteiger partial charge on any atom is -0.425 e. The number of hydrogen-bond donors (Lipinski definition) is 2. The summed E-state index contributed by atoms with van der Waals surface area (Å²) in [7, 11) is 0. The second kappa shape index (κ2) is 13.8. The van der Waals surface area contributed by atoms with Gasteiger partial charge in [0, 0.05) is 33.6 Å². The van der Waals surface area contributed by atoms with Gasteiger partial charge < -0.3 is 15.2 Å². The summed E-state index contributed by atoms with van der Waals surface area (Å²) in [6.45, 7) is 10.3. The van der Waals surface area contributed by atoms with Crippen molar-refractivity contribution in [3.8, 4) is 17.0 Å². The molecule has 0 amide bonds. The van der Waals surface area contributed by atoms with E-state index in [1.54, 1.807) is 24.3 Å². The number of benzene rings is 3. The van der Waals surface area contributed by atoms with Crippen LogP contribution >= 0.6 is 11.3 Å². The number of aryl methyl sites for hydroxylation is 2. The lowest BCUT2D eigenvalue weighted by Crippen LogP contribution is -2.39. The first kappa shape index (κ1) is 33.3. The van der Waals surface area contributed by atoms with E-state index in [9.17, 15) is 14.3 Å². The van der Waals surface area contributed by atoms with Crippen molar-refractivity contribution in [3.63, 3.8) is 0 Å². The number of esters is 1. The zero-order valence-electron chi connectivity index (χ0n) is 27.0. The average Bonchev–Trinajstić information content (AvgIpc) is 3.86. The molecule has 1 saturated heterocycles. The van der Waals surface area contributed by atoms with E-state index in [-0.39, 0.29) is 24.1 Å². The third kappa shape index (κ3) is 6.96. The van der Waals surface area contributed by atoms with E-state index in [0.29, 0.717) is 23.0 Å². The molecule has 12 heteroatoms. The molecule has 5 aromatic rings. The molecule has 0 radical (unpaired) electrons. The third-order valence-corrected chi connectivity index (χ3v) is 9.85. The number of aromatic nitrogens is 4. The quantitative estimate of drug-likeness (QED) is 0.0783. The largest absolute Gasteiger partial charge is 0.425 e. The highest BCUT2D eigenvalue weighted by atomic mass is 32.1. The molecule has 248 valence electrons. The van der Waals surface area contributed by atoms with Crippen molar-refractivity contribution in [2.75, 3.05) is 6.54 Å². The number of aliphatic hydroxyl groups is 1. The highest BCUT2D eigenvalue weighted by molar-refractivity contribution is 7.10. The van der Waals surface area contributed by atoms with E-state index in [4.69, 9.17) is 9.72 Å². The molecule has 0 bridgehead atoms. The summed E-state index contributed by atoms with van der Waals surface area (Å²) in [4.78, 5) is 21.3. The third-order valence-electron chi connectivity index (χ3n) is 8.82. The van der Waals surface area contributed by atoms with Gasteiger partial charge in [-0.25, -0.2) is 23.1 Å². The minimum atomic E-state index is -1.83. The van der Waals surface area contributed by atoms with Crippen molar-refractivity contribution in [1.82, 2.24) is 20.1 Å². The van der Waals surface area contributed by atoms with Crippen LogP contribution in [-0.4, -0.2) is 45.1 Å². The fourth-order valence-corrected chi connectivity index (χ4v) is 7.16. The summed E-state index contributed by atoms with van der Waals surface area (Å²) < 4.78 is 38.4. The maximum atomic E-state index is 15.3. The number of carbonyl (C=O) groups is 1. The number of ether oxygens (including phenoxy) is 1. The Hall–Kier alpha value is -4.65. The van der Waals surface area contributed by atoms with Crippen molar-refractivity contribution < 1.29 is 28.0 Å². The molecule has 48 heavy (non-hydrogen) atoms. The van der Waals surface area contributed by atoms with Gasteiger partial charge >= 0.3 is 5.97 Å². The van der Waals surface area contributed by atoms with Crippen LogP contribution in [0.3, 0.4) is 0 Å². The van der Waals surface area contributed by atoms with Gasteiger partial charge in [0.05, 0.1) is 22.9 Å². The van der Waals surface area contributed by atoms with Gasteiger partial charge in [-0.05, 0) is 87.0 Å². The second-order valence-electron chi connectivity index (χ2n) is 12.3. The number of thiazole rings is 1. The maximum Gasteiger partial charge on any atom is 0.328 e. The van der Waals surface area contributed by atoms with Crippen LogP contribution in [0.4, 0.5) is 14.5 Å². The Balaban J connectivity index is 1.24. The first-order chi connectivity index (χ1) is 23.0. The van der Waals surface area contributed by atoms with E-state index in [1.165, 1.54) is 17.4 Å². The zero-order chi connectivity index (χ0) is 34.0. The molecule has 2 unspecified atom stereocenters. The van der Waals surface area contributed by atoms with Crippen LogP contribution in [0, 0.1) is 25.5 Å². The van der Waals surface area contributed by atoms with Gasteiger partial charge in [-0.2, -0.15) is 0 Å². The molecule has 3 aromatic carbocycles. The van der Waals surface area contributed by atoms with Crippen molar-refractivity contribution in [2.45, 2.75) is 64.3 Å². The predicted octanol–water partition coefficient (Wildman–Crippen LogP) is 5.92. The molecule has 0 saturated carbocycles. The van der Waals surface area contributed by atoms with Gasteiger partial charge in [0.15, 0.2) is 0 Å². The standard InChI is InChI=1S/C36H37F2N6O3S/c1-22-14-25(15-23(2)33(22)47-35(45)31-6-5-13-40-31)17-43-20-41-44(21-43)19-36(46,29-12-9-27(37)16-30(29)38)24(3)34-42-32(18-48-34)26-7-10-28(39-4)11-8-26/h7-12,14-16,18,20-21,24,31,40,46H,4-6,13,17,19H2,1-3H3/q+1/t24-,31?,36?/m0/s1. The SMILES string of the molecule is C=Nc1ccc(-c2csc([C@H](C)C(O)(Cn3c[n+](Cc4cc(C)c(OC(=O)C5CCCN5)c(C)c4)cn3)c3ccc(F)cc3F)n2)cc1. The molecule has 1 aliphatic heterocycles. The van der Waals surface area contributed by atoms with Crippen LogP contribution < -0.4 is 14.6 Å². The number of nitrogens with zero attached hydrogens (tertiary/aromatic N) is 5. The highest BCUT2D eigenvalue weighted by Gasteiger charge is 2.43. The van der Waals surface area contributed by atoms with Crippen molar-refractivity contribution in [2.24, 2.45) is 4.99 Å². The molecule has 9 nitrogen and oxygen atoms in total. The summed E-state index contributed by atoms with van der Waals surface area (Å²) in [5, 5.41) is 22.4. The summed E-state index contributed by atoms with van der Waals surface area (Å²) in [5.74, 6) is -1.99. The minimum absolute atomic E-state index is 0.0548. The van der Waals surface area contributed by atoms with Gasteiger partial charge in [-0.1, -0.05) is 25.1 Å². The number of aliphatic imine (C=N–C) groups is 1.